The van der Waals surface area contributed by atoms with E-state index in [1.807, 2.05) is 7.05 Å². The third-order valence-electron chi connectivity index (χ3n) is 1.80. The maximum atomic E-state index is 8.75. The Morgan fingerprint density at radius 3 is 2.89 bits per heavy atom. The van der Waals surface area contributed by atoms with Crippen LogP contribution >= 0.6 is 0 Å². The maximum Gasteiger partial charge on any atom is 0.0624 e. The van der Waals surface area contributed by atoms with Gasteiger partial charge in [-0.25, -0.2) is 0 Å². The Bertz CT molecular complexity index is 77.1. The second-order valence-corrected chi connectivity index (χ2v) is 2.38. The summed E-state index contributed by atoms with van der Waals surface area (Å²) in [5, 5.41) is 11.8. The number of hydrogen-bond donors (Lipinski definition) is 2. The minimum absolute atomic E-state index is 0.228. The van der Waals surface area contributed by atoms with Crippen molar-refractivity contribution in [1.82, 2.24) is 5.32 Å². The highest BCUT2D eigenvalue weighted by Gasteiger charge is 2.25. The maximum absolute atomic E-state index is 8.75. The number of nitrogens with one attached hydrogen (secondary N) is 1. The van der Waals surface area contributed by atoms with Crippen molar-refractivity contribution < 1.29 is 9.84 Å². The summed E-state index contributed by atoms with van der Waals surface area (Å²) in [5.41, 5.74) is 0. The Morgan fingerprint density at radius 1 is 1.67 bits per heavy atom. The Balaban J connectivity index is 2.32. The van der Waals surface area contributed by atoms with Crippen LogP contribution in [0.25, 0.3) is 0 Å². The van der Waals surface area contributed by atoms with Gasteiger partial charge >= 0.3 is 0 Å². The van der Waals surface area contributed by atoms with E-state index in [0.29, 0.717) is 18.6 Å². The molecule has 0 unspecified atom stereocenters. The molecule has 0 saturated carbocycles. The molecule has 9 heavy (non-hydrogen) atoms. The first-order valence-electron chi connectivity index (χ1n) is 3.24. The molecule has 2 atom stereocenters. The molecular weight excluding hydrogens is 118 g/mol. The van der Waals surface area contributed by atoms with Gasteiger partial charge in [-0.15, -0.1) is 0 Å². The van der Waals surface area contributed by atoms with E-state index in [0.717, 1.165) is 6.61 Å². The van der Waals surface area contributed by atoms with Crippen LogP contribution in [-0.4, -0.2) is 38.0 Å². The Labute approximate surface area is 55.0 Å². The van der Waals surface area contributed by atoms with E-state index in [1.165, 1.54) is 0 Å². The van der Waals surface area contributed by atoms with Crippen molar-refractivity contribution in [3.8, 4) is 0 Å². The summed E-state index contributed by atoms with van der Waals surface area (Å²) in [5.74, 6) is 0.301. The van der Waals surface area contributed by atoms with Crippen molar-refractivity contribution in [2.24, 2.45) is 5.92 Å². The van der Waals surface area contributed by atoms with Crippen LogP contribution in [0.5, 0.6) is 0 Å². The number of rotatable bonds is 2. The molecule has 1 aliphatic heterocycles. The first-order chi connectivity index (χ1) is 4.38. The first kappa shape index (κ1) is 6.99. The van der Waals surface area contributed by atoms with E-state index in [-0.39, 0.29) is 6.61 Å². The third kappa shape index (κ3) is 1.41. The van der Waals surface area contributed by atoms with E-state index in [4.69, 9.17) is 9.84 Å². The molecule has 0 amide bonds. The lowest BCUT2D eigenvalue weighted by Gasteiger charge is -2.12. The van der Waals surface area contributed by atoms with Gasteiger partial charge in [0.1, 0.15) is 0 Å². The molecule has 0 aliphatic carbocycles. The number of ether oxygens (including phenoxy) is 1. The second-order valence-electron chi connectivity index (χ2n) is 2.38. The molecule has 0 radical (unpaired) electrons. The van der Waals surface area contributed by atoms with Crippen molar-refractivity contribution in [3.63, 3.8) is 0 Å². The zero-order chi connectivity index (χ0) is 6.69. The zero-order valence-corrected chi connectivity index (χ0v) is 5.63. The van der Waals surface area contributed by atoms with Crippen LogP contribution in [0.1, 0.15) is 0 Å². The van der Waals surface area contributed by atoms with Gasteiger partial charge in [0.05, 0.1) is 13.2 Å². The number of aliphatic hydroxyl groups is 1. The topological polar surface area (TPSA) is 41.5 Å². The Hall–Kier alpha value is -0.120. The van der Waals surface area contributed by atoms with Crippen molar-refractivity contribution in [2.75, 3.05) is 26.9 Å². The summed E-state index contributed by atoms with van der Waals surface area (Å²) >= 11 is 0. The minimum atomic E-state index is 0.228. The highest BCUT2D eigenvalue weighted by molar-refractivity contribution is 4.78. The summed E-state index contributed by atoms with van der Waals surface area (Å²) in [6, 6.07) is 0.356. The molecule has 0 aromatic carbocycles. The molecule has 1 aliphatic rings. The zero-order valence-electron chi connectivity index (χ0n) is 5.63. The molecular formula is C6H13NO2. The fraction of sp³-hybridized carbons (Fsp3) is 1.00. The predicted molar refractivity (Wildman–Crippen MR) is 34.2 cm³/mol. The molecule has 0 bridgehead atoms. The summed E-state index contributed by atoms with van der Waals surface area (Å²) in [7, 11) is 1.89. The third-order valence-corrected chi connectivity index (χ3v) is 1.80. The van der Waals surface area contributed by atoms with Crippen LogP contribution in [0, 0.1) is 5.92 Å². The van der Waals surface area contributed by atoms with Crippen LogP contribution in [0.4, 0.5) is 0 Å². The quantitative estimate of drug-likeness (QED) is 0.516. The smallest absolute Gasteiger partial charge is 0.0624 e. The second kappa shape index (κ2) is 3.15. The molecule has 1 fully saturated rings. The molecule has 2 N–H and O–H groups in total. The van der Waals surface area contributed by atoms with Gasteiger partial charge in [0.2, 0.25) is 0 Å². The van der Waals surface area contributed by atoms with Crippen molar-refractivity contribution in [2.45, 2.75) is 6.04 Å². The normalized spacial score (nSPS) is 35.3. The van der Waals surface area contributed by atoms with Gasteiger partial charge in [-0.2, -0.15) is 0 Å². The van der Waals surface area contributed by atoms with Gasteiger partial charge in [0, 0.05) is 18.6 Å². The minimum Gasteiger partial charge on any atom is -0.396 e. The van der Waals surface area contributed by atoms with Gasteiger partial charge in [-0.3, -0.25) is 0 Å². The monoisotopic (exact) mass is 131 g/mol. The molecule has 1 rings (SSSR count). The largest absolute Gasteiger partial charge is 0.396 e. The number of aliphatic hydroxyl groups excluding tert-OH is 1. The van der Waals surface area contributed by atoms with Crippen LogP contribution in [0.3, 0.4) is 0 Å². The lowest BCUT2D eigenvalue weighted by Crippen LogP contribution is -2.34. The van der Waals surface area contributed by atoms with Crippen LogP contribution < -0.4 is 5.32 Å². The molecule has 0 aromatic heterocycles. The molecule has 1 saturated heterocycles. The van der Waals surface area contributed by atoms with Gasteiger partial charge in [0.25, 0.3) is 0 Å². The van der Waals surface area contributed by atoms with Crippen molar-refractivity contribution >= 4 is 0 Å². The predicted octanol–water partition coefficient (Wildman–Crippen LogP) is -0.787. The average Bonchev–Trinajstić information content (AvgIpc) is 2.33. The lowest BCUT2D eigenvalue weighted by molar-refractivity contribution is 0.160. The lowest BCUT2D eigenvalue weighted by atomic mass is 10.1. The van der Waals surface area contributed by atoms with Crippen LogP contribution in [0.2, 0.25) is 0 Å². The van der Waals surface area contributed by atoms with Crippen molar-refractivity contribution in [1.29, 1.82) is 0 Å². The van der Waals surface area contributed by atoms with E-state index in [2.05, 4.69) is 5.32 Å². The molecule has 3 nitrogen and oxygen atoms in total. The van der Waals surface area contributed by atoms with E-state index >= 15 is 0 Å². The van der Waals surface area contributed by atoms with E-state index in [9.17, 15) is 0 Å². The van der Waals surface area contributed by atoms with Gasteiger partial charge in [-0.05, 0) is 7.05 Å². The number of likely N-dealkylation sites (N-methyl/N-ethyl adjacent to an activating group) is 1. The van der Waals surface area contributed by atoms with Crippen molar-refractivity contribution in [3.05, 3.63) is 0 Å². The fourth-order valence-corrected chi connectivity index (χ4v) is 1.10. The molecule has 0 aromatic rings. The van der Waals surface area contributed by atoms with Crippen LogP contribution in [-0.2, 0) is 4.74 Å². The summed E-state index contributed by atoms with van der Waals surface area (Å²) < 4.78 is 5.13. The first-order valence-corrected chi connectivity index (χ1v) is 3.24. The molecule has 54 valence electrons. The van der Waals surface area contributed by atoms with Gasteiger partial charge < -0.3 is 15.2 Å². The van der Waals surface area contributed by atoms with Gasteiger partial charge in [0.15, 0.2) is 0 Å². The van der Waals surface area contributed by atoms with Crippen LogP contribution in [0.15, 0.2) is 0 Å². The SMILES string of the molecule is CN[C@@H]1COC[C@H]1CO. The highest BCUT2D eigenvalue weighted by Crippen LogP contribution is 2.11. The Morgan fingerprint density at radius 2 is 2.44 bits per heavy atom. The summed E-state index contributed by atoms with van der Waals surface area (Å²) in [4.78, 5) is 0. The van der Waals surface area contributed by atoms with Gasteiger partial charge in [-0.1, -0.05) is 0 Å². The molecule has 0 spiro atoms. The summed E-state index contributed by atoms with van der Waals surface area (Å²) in [6.45, 7) is 1.66. The summed E-state index contributed by atoms with van der Waals surface area (Å²) in [6.07, 6.45) is 0. The Kier molecular flexibility index (Phi) is 2.45. The van der Waals surface area contributed by atoms with E-state index < -0.39 is 0 Å². The molecule has 3 heteroatoms. The molecule has 1 heterocycles. The fourth-order valence-electron chi connectivity index (χ4n) is 1.10. The standard InChI is InChI=1S/C6H13NO2/c1-7-6-4-9-3-5(6)2-8/h5-8H,2-4H2,1H3/t5-,6-/m1/s1. The highest BCUT2D eigenvalue weighted by atomic mass is 16.5. The van der Waals surface area contributed by atoms with E-state index in [1.54, 1.807) is 0 Å². The number of hydrogen-bond acceptors (Lipinski definition) is 3. The average molecular weight is 131 g/mol.